The highest BCUT2D eigenvalue weighted by Gasteiger charge is 2.25. The molecule has 0 amide bonds. The van der Waals surface area contributed by atoms with Crippen molar-refractivity contribution >= 4 is 0 Å². The summed E-state index contributed by atoms with van der Waals surface area (Å²) in [7, 11) is 0. The van der Waals surface area contributed by atoms with E-state index >= 15 is 0 Å². The Kier molecular flexibility index (Phi) is 5.84. The van der Waals surface area contributed by atoms with Gasteiger partial charge in [-0.15, -0.1) is 0 Å². The SMILES string of the molecule is O=c1onc(-c2ccccc2)n1C[C@@H](O)CN1CCO[C@H](c2ccc(F)cc2)C1. The molecule has 29 heavy (non-hydrogen) atoms. The van der Waals surface area contributed by atoms with Crippen LogP contribution in [0.3, 0.4) is 0 Å². The van der Waals surface area contributed by atoms with E-state index in [1.54, 1.807) is 12.1 Å². The van der Waals surface area contributed by atoms with E-state index in [0.717, 1.165) is 11.1 Å². The van der Waals surface area contributed by atoms with E-state index in [-0.39, 0.29) is 18.5 Å². The van der Waals surface area contributed by atoms with Gasteiger partial charge in [-0.1, -0.05) is 47.6 Å². The van der Waals surface area contributed by atoms with Crippen LogP contribution in [-0.2, 0) is 11.3 Å². The van der Waals surface area contributed by atoms with Gasteiger partial charge in [-0.2, -0.15) is 0 Å². The number of ether oxygens (including phenoxy) is 1. The Morgan fingerprint density at radius 1 is 1.14 bits per heavy atom. The van der Waals surface area contributed by atoms with E-state index in [0.29, 0.717) is 32.1 Å². The Morgan fingerprint density at radius 3 is 2.66 bits per heavy atom. The number of rotatable bonds is 6. The number of aliphatic hydroxyl groups excluding tert-OH is 1. The summed E-state index contributed by atoms with van der Waals surface area (Å²) in [6.07, 6.45) is -0.976. The van der Waals surface area contributed by atoms with E-state index < -0.39 is 11.9 Å². The van der Waals surface area contributed by atoms with Crippen molar-refractivity contribution in [3.8, 4) is 11.4 Å². The highest BCUT2D eigenvalue weighted by Crippen LogP contribution is 2.23. The summed E-state index contributed by atoms with van der Waals surface area (Å²) >= 11 is 0. The number of morpholine rings is 1. The molecule has 1 fully saturated rings. The molecule has 1 aromatic heterocycles. The maximum absolute atomic E-state index is 13.1. The molecule has 1 aliphatic heterocycles. The van der Waals surface area contributed by atoms with Gasteiger partial charge < -0.3 is 9.84 Å². The highest BCUT2D eigenvalue weighted by atomic mass is 19.1. The van der Waals surface area contributed by atoms with Crippen LogP contribution in [0.5, 0.6) is 0 Å². The topological polar surface area (TPSA) is 80.7 Å². The Morgan fingerprint density at radius 2 is 1.90 bits per heavy atom. The van der Waals surface area contributed by atoms with Crippen LogP contribution in [0.2, 0.25) is 0 Å². The second kappa shape index (κ2) is 8.69. The maximum Gasteiger partial charge on any atom is 0.441 e. The summed E-state index contributed by atoms with van der Waals surface area (Å²) in [5.74, 6) is -0.500. The van der Waals surface area contributed by atoms with E-state index in [2.05, 4.69) is 10.1 Å². The van der Waals surface area contributed by atoms with Gasteiger partial charge >= 0.3 is 5.76 Å². The third kappa shape index (κ3) is 4.61. The van der Waals surface area contributed by atoms with Crippen molar-refractivity contribution in [3.63, 3.8) is 0 Å². The Balaban J connectivity index is 1.41. The quantitative estimate of drug-likeness (QED) is 0.684. The fraction of sp³-hybridized carbons (Fsp3) is 0.333. The van der Waals surface area contributed by atoms with Crippen LogP contribution in [0.4, 0.5) is 4.39 Å². The summed E-state index contributed by atoms with van der Waals surface area (Å²) in [5.41, 5.74) is 1.64. The minimum atomic E-state index is -0.790. The first-order valence-electron chi connectivity index (χ1n) is 9.49. The zero-order chi connectivity index (χ0) is 20.2. The van der Waals surface area contributed by atoms with Gasteiger partial charge in [0.2, 0.25) is 0 Å². The zero-order valence-electron chi connectivity index (χ0n) is 15.8. The molecular formula is C21H22FN3O4. The minimum Gasteiger partial charge on any atom is -0.390 e. The van der Waals surface area contributed by atoms with Gasteiger partial charge in [-0.05, 0) is 17.7 Å². The molecule has 0 spiro atoms. The molecule has 3 aromatic rings. The average molecular weight is 399 g/mol. The number of aliphatic hydroxyl groups is 1. The number of β-amino-alcohol motifs (C(OH)–C–C–N with tert-alkyl or cyclic N) is 1. The molecule has 0 saturated carbocycles. The van der Waals surface area contributed by atoms with E-state index in [1.807, 2.05) is 30.3 Å². The summed E-state index contributed by atoms with van der Waals surface area (Å²) in [6, 6.07) is 15.5. The van der Waals surface area contributed by atoms with Gasteiger partial charge in [-0.3, -0.25) is 14.0 Å². The lowest BCUT2D eigenvalue weighted by Gasteiger charge is -2.34. The number of hydrogen-bond acceptors (Lipinski definition) is 6. The Bertz CT molecular complexity index is 987. The first kappa shape index (κ1) is 19.5. The molecule has 1 saturated heterocycles. The van der Waals surface area contributed by atoms with E-state index in [9.17, 15) is 14.3 Å². The van der Waals surface area contributed by atoms with Crippen molar-refractivity contribution < 1.29 is 18.8 Å². The lowest BCUT2D eigenvalue weighted by Crippen LogP contribution is -2.43. The van der Waals surface area contributed by atoms with Gasteiger partial charge in [0, 0.05) is 25.2 Å². The Hall–Kier alpha value is -2.81. The first-order valence-corrected chi connectivity index (χ1v) is 9.49. The third-order valence-corrected chi connectivity index (χ3v) is 4.97. The van der Waals surface area contributed by atoms with Crippen molar-refractivity contribution in [2.45, 2.75) is 18.8 Å². The zero-order valence-corrected chi connectivity index (χ0v) is 15.8. The largest absolute Gasteiger partial charge is 0.441 e. The molecule has 0 aliphatic carbocycles. The van der Waals surface area contributed by atoms with Crippen LogP contribution in [0.1, 0.15) is 11.7 Å². The number of halogens is 1. The molecule has 0 radical (unpaired) electrons. The molecule has 152 valence electrons. The number of aromatic nitrogens is 2. The van der Waals surface area contributed by atoms with E-state index in [1.165, 1.54) is 16.7 Å². The predicted molar refractivity (Wildman–Crippen MR) is 104 cm³/mol. The van der Waals surface area contributed by atoms with Crippen molar-refractivity contribution in [2.24, 2.45) is 0 Å². The summed E-state index contributed by atoms with van der Waals surface area (Å²) in [4.78, 5) is 14.1. The molecule has 4 rings (SSSR count). The minimum absolute atomic E-state index is 0.0745. The molecule has 0 unspecified atom stereocenters. The highest BCUT2D eigenvalue weighted by molar-refractivity contribution is 5.54. The van der Waals surface area contributed by atoms with Crippen LogP contribution in [0, 0.1) is 5.82 Å². The fourth-order valence-corrected chi connectivity index (χ4v) is 3.54. The van der Waals surface area contributed by atoms with Crippen molar-refractivity contribution in [1.82, 2.24) is 14.6 Å². The molecule has 2 atom stereocenters. The van der Waals surface area contributed by atoms with Crippen LogP contribution in [0.25, 0.3) is 11.4 Å². The lowest BCUT2D eigenvalue weighted by atomic mass is 10.1. The second-order valence-corrected chi connectivity index (χ2v) is 7.07. The second-order valence-electron chi connectivity index (χ2n) is 7.07. The Labute approximate surface area is 166 Å². The van der Waals surface area contributed by atoms with Gasteiger partial charge in [0.15, 0.2) is 5.82 Å². The standard InChI is InChI=1S/C21H22FN3O4/c22-17-8-6-15(7-9-17)19-14-24(10-11-28-19)12-18(26)13-25-20(23-29-21(25)27)16-4-2-1-3-5-16/h1-9,18-19,26H,10-14H2/t18-,19-/m0/s1. The monoisotopic (exact) mass is 399 g/mol. The number of nitrogens with zero attached hydrogens (tertiary/aromatic N) is 3. The van der Waals surface area contributed by atoms with Gasteiger partial charge in [0.1, 0.15) is 5.82 Å². The lowest BCUT2D eigenvalue weighted by molar-refractivity contribution is -0.0435. The van der Waals surface area contributed by atoms with Crippen LogP contribution in [-0.4, -0.2) is 52.1 Å². The van der Waals surface area contributed by atoms with Crippen LogP contribution in [0.15, 0.2) is 63.9 Å². The summed E-state index contributed by atoms with van der Waals surface area (Å²) in [6.45, 7) is 2.20. The smallest absolute Gasteiger partial charge is 0.390 e. The summed E-state index contributed by atoms with van der Waals surface area (Å²) < 4.78 is 25.1. The molecule has 2 aromatic carbocycles. The molecule has 0 bridgehead atoms. The van der Waals surface area contributed by atoms with Gasteiger partial charge in [-0.25, -0.2) is 9.18 Å². The van der Waals surface area contributed by atoms with Crippen molar-refractivity contribution in [2.75, 3.05) is 26.2 Å². The normalized spacial score (nSPS) is 18.6. The average Bonchev–Trinajstić information content (AvgIpc) is 3.09. The van der Waals surface area contributed by atoms with Crippen LogP contribution >= 0.6 is 0 Å². The number of benzene rings is 2. The predicted octanol–water partition coefficient (Wildman–Crippen LogP) is 2.08. The summed E-state index contributed by atoms with van der Waals surface area (Å²) in [5, 5.41) is 14.4. The van der Waals surface area contributed by atoms with Gasteiger partial charge in [0.05, 0.1) is 25.4 Å². The molecule has 8 heteroatoms. The van der Waals surface area contributed by atoms with E-state index in [4.69, 9.17) is 9.26 Å². The van der Waals surface area contributed by atoms with Crippen LogP contribution < -0.4 is 5.76 Å². The first-order chi connectivity index (χ1) is 14.1. The third-order valence-electron chi connectivity index (χ3n) is 4.97. The maximum atomic E-state index is 13.1. The van der Waals surface area contributed by atoms with Gasteiger partial charge in [0.25, 0.3) is 0 Å². The number of hydrogen-bond donors (Lipinski definition) is 1. The van der Waals surface area contributed by atoms with Crippen molar-refractivity contribution in [3.05, 3.63) is 76.5 Å². The molecule has 1 aliphatic rings. The molecule has 1 N–H and O–H groups in total. The molecule has 2 heterocycles. The molecule has 7 nitrogen and oxygen atoms in total. The molecular weight excluding hydrogens is 377 g/mol. The van der Waals surface area contributed by atoms with Crippen molar-refractivity contribution in [1.29, 1.82) is 0 Å². The fourth-order valence-electron chi connectivity index (χ4n) is 3.54.